The summed E-state index contributed by atoms with van der Waals surface area (Å²) in [5.74, 6) is 0.884. The summed E-state index contributed by atoms with van der Waals surface area (Å²) in [6.45, 7) is 8.54. The van der Waals surface area contributed by atoms with Crippen LogP contribution >= 0.6 is 22.6 Å². The molecule has 3 aromatic rings. The number of rotatable bonds is 17. The lowest BCUT2D eigenvalue weighted by Gasteiger charge is -2.44. The van der Waals surface area contributed by atoms with Gasteiger partial charge in [-0.25, -0.2) is 0 Å². The van der Waals surface area contributed by atoms with Crippen LogP contribution in [0.15, 0.2) is 95.1 Å². The third kappa shape index (κ3) is 9.57. The maximum absolute atomic E-state index is 7.36. The van der Waals surface area contributed by atoms with Crippen molar-refractivity contribution in [3.05, 3.63) is 101 Å². The van der Waals surface area contributed by atoms with Crippen molar-refractivity contribution in [3.63, 3.8) is 0 Å². The Morgan fingerprint density at radius 1 is 0.750 bits per heavy atom. The van der Waals surface area contributed by atoms with Crippen LogP contribution in [0.25, 0.3) is 0 Å². The summed E-state index contributed by atoms with van der Waals surface area (Å²) >= 11 is 2.34. The van der Waals surface area contributed by atoms with Crippen LogP contribution in [0.5, 0.6) is 5.75 Å². The molecule has 0 bridgehead atoms. The van der Waals surface area contributed by atoms with E-state index >= 15 is 0 Å². The van der Waals surface area contributed by atoms with Crippen molar-refractivity contribution < 1.29 is 13.9 Å². The monoisotopic (exact) mass is 670 g/mol. The van der Waals surface area contributed by atoms with Crippen molar-refractivity contribution >= 4 is 41.3 Å². The molecule has 3 aromatic carbocycles. The molecule has 0 aliphatic carbocycles. The highest BCUT2D eigenvalue weighted by Crippen LogP contribution is 2.38. The first-order valence-electron chi connectivity index (χ1n) is 14.7. The fourth-order valence-electron chi connectivity index (χ4n) is 5.36. The minimum Gasteiger partial charge on any atom is -0.497 e. The smallest absolute Gasteiger partial charge is 0.261 e. The molecular formula is C35H47IO3Si. The Morgan fingerprint density at radius 2 is 1.30 bits per heavy atom. The fraction of sp³-hybridized carbons (Fsp3) is 0.429. The molecule has 0 saturated carbocycles. The Balaban J connectivity index is 1.48. The number of hydrogen-bond donors (Lipinski definition) is 0. The van der Waals surface area contributed by atoms with Crippen LogP contribution in [0.1, 0.15) is 71.3 Å². The lowest BCUT2D eigenvalue weighted by molar-refractivity contribution is 0.116. The minimum atomic E-state index is -2.55. The largest absolute Gasteiger partial charge is 0.497 e. The third-order valence-corrected chi connectivity index (χ3v) is 13.0. The van der Waals surface area contributed by atoms with Crippen LogP contribution in [0.4, 0.5) is 0 Å². The van der Waals surface area contributed by atoms with Gasteiger partial charge in [-0.05, 0) is 50.0 Å². The molecule has 0 fully saturated rings. The van der Waals surface area contributed by atoms with Crippen LogP contribution in [0, 0.1) is 0 Å². The average molecular weight is 671 g/mol. The van der Waals surface area contributed by atoms with E-state index in [4.69, 9.17) is 13.9 Å². The second kappa shape index (κ2) is 17.1. The highest BCUT2D eigenvalue weighted by molar-refractivity contribution is 14.1. The molecule has 1 atom stereocenters. The van der Waals surface area contributed by atoms with Gasteiger partial charge in [-0.1, -0.05) is 154 Å². The topological polar surface area (TPSA) is 27.7 Å². The van der Waals surface area contributed by atoms with E-state index in [1.165, 1.54) is 48.0 Å². The Morgan fingerprint density at radius 3 is 1.82 bits per heavy atom. The molecule has 0 aliphatic rings. The molecule has 3 nitrogen and oxygen atoms in total. The molecule has 0 saturated heterocycles. The second-order valence-electron chi connectivity index (χ2n) is 11.4. The minimum absolute atomic E-state index is 0.0114. The van der Waals surface area contributed by atoms with Gasteiger partial charge in [-0.2, -0.15) is 0 Å². The first-order chi connectivity index (χ1) is 19.4. The highest BCUT2D eigenvalue weighted by atomic mass is 127. The number of hydrogen-bond acceptors (Lipinski definition) is 3. The summed E-state index contributed by atoms with van der Waals surface area (Å²) in [5, 5.41) is 2.67. The molecule has 0 radical (unpaired) electrons. The van der Waals surface area contributed by atoms with Crippen LogP contribution in [-0.2, 0) is 15.8 Å². The van der Waals surface area contributed by atoms with Gasteiger partial charge in [0.2, 0.25) is 0 Å². The SMILES string of the molecule is COc1ccc(COCCCCCCCC[C@@H](/C=C/I)O[Si](c2ccccc2)(c2ccccc2)C(C)(C)C)cc1. The van der Waals surface area contributed by atoms with Gasteiger partial charge in [0.1, 0.15) is 5.75 Å². The number of halogens is 1. The third-order valence-electron chi connectivity index (χ3n) is 7.49. The van der Waals surface area contributed by atoms with Crippen molar-refractivity contribution in [3.8, 4) is 5.75 Å². The number of unbranched alkanes of at least 4 members (excludes halogenated alkanes) is 5. The van der Waals surface area contributed by atoms with E-state index in [0.717, 1.165) is 25.2 Å². The van der Waals surface area contributed by atoms with Gasteiger partial charge in [0.05, 0.1) is 19.8 Å². The van der Waals surface area contributed by atoms with E-state index in [9.17, 15) is 0 Å². The molecule has 0 spiro atoms. The lowest BCUT2D eigenvalue weighted by Crippen LogP contribution is -2.67. The van der Waals surface area contributed by atoms with Gasteiger partial charge in [0, 0.05) is 6.61 Å². The summed E-state index contributed by atoms with van der Waals surface area (Å²) in [7, 11) is -0.857. The normalized spacial score (nSPS) is 13.0. The molecule has 0 heterocycles. The van der Waals surface area contributed by atoms with Crippen LogP contribution < -0.4 is 15.1 Å². The van der Waals surface area contributed by atoms with Crippen molar-refractivity contribution in [1.82, 2.24) is 0 Å². The predicted molar refractivity (Wildman–Crippen MR) is 181 cm³/mol. The second-order valence-corrected chi connectivity index (χ2v) is 16.4. The molecule has 0 aromatic heterocycles. The first kappa shape index (κ1) is 32.6. The van der Waals surface area contributed by atoms with Crippen molar-refractivity contribution in [2.45, 2.75) is 83.5 Å². The zero-order valence-corrected chi connectivity index (χ0v) is 27.9. The molecule has 216 valence electrons. The fourth-order valence-corrected chi connectivity index (χ4v) is 10.5. The maximum atomic E-state index is 7.36. The molecule has 0 aliphatic heterocycles. The Bertz CT molecular complexity index is 1070. The zero-order valence-electron chi connectivity index (χ0n) is 24.8. The number of methoxy groups -OCH3 is 1. The predicted octanol–water partition coefficient (Wildman–Crippen LogP) is 8.84. The molecule has 0 N–H and O–H groups in total. The summed E-state index contributed by atoms with van der Waals surface area (Å²) in [6.07, 6.45) is 10.7. The van der Waals surface area contributed by atoms with Crippen LogP contribution in [0.3, 0.4) is 0 Å². The maximum Gasteiger partial charge on any atom is 0.261 e. The van der Waals surface area contributed by atoms with E-state index in [1.54, 1.807) is 7.11 Å². The summed E-state index contributed by atoms with van der Waals surface area (Å²) in [5.41, 5.74) is 1.19. The molecule has 0 amide bonds. The lowest BCUT2D eigenvalue weighted by atomic mass is 10.1. The van der Waals surface area contributed by atoms with E-state index in [-0.39, 0.29) is 11.1 Å². The Labute approximate surface area is 257 Å². The van der Waals surface area contributed by atoms with E-state index in [1.807, 2.05) is 12.1 Å². The summed E-state index contributed by atoms with van der Waals surface area (Å²) in [6, 6.07) is 30.0. The zero-order chi connectivity index (χ0) is 28.7. The first-order valence-corrected chi connectivity index (χ1v) is 17.8. The summed E-state index contributed by atoms with van der Waals surface area (Å²) < 4.78 is 20.6. The van der Waals surface area contributed by atoms with Gasteiger partial charge < -0.3 is 13.9 Å². The van der Waals surface area contributed by atoms with Gasteiger partial charge in [0.15, 0.2) is 0 Å². The number of ether oxygens (including phenoxy) is 2. The van der Waals surface area contributed by atoms with E-state index in [0.29, 0.717) is 6.61 Å². The van der Waals surface area contributed by atoms with Crippen LogP contribution in [0.2, 0.25) is 5.04 Å². The standard InChI is InChI=1S/C35H47IO3Si/c1-35(2,3)40(33-18-12-9-13-19-33,34-20-14-10-15-21-34)39-32(26-27-36)17-11-7-5-6-8-16-28-38-29-30-22-24-31(37-4)25-23-30/h9-10,12-15,18-27,32H,5-8,11,16-17,28-29H2,1-4H3/b27-26+/t32-/m0/s1. The van der Waals surface area contributed by atoms with Crippen molar-refractivity contribution in [2.24, 2.45) is 0 Å². The molecule has 40 heavy (non-hydrogen) atoms. The average Bonchev–Trinajstić information content (AvgIpc) is 2.97. The molecular weight excluding hydrogens is 623 g/mol. The van der Waals surface area contributed by atoms with Gasteiger partial charge >= 0.3 is 0 Å². The molecule has 0 unspecified atom stereocenters. The van der Waals surface area contributed by atoms with E-state index < -0.39 is 8.32 Å². The van der Waals surface area contributed by atoms with Gasteiger partial charge in [-0.3, -0.25) is 0 Å². The quantitative estimate of drug-likeness (QED) is 0.0817. The van der Waals surface area contributed by atoms with Crippen molar-refractivity contribution in [1.29, 1.82) is 0 Å². The number of benzene rings is 3. The molecule has 3 rings (SSSR count). The molecule has 5 heteroatoms. The van der Waals surface area contributed by atoms with E-state index in [2.05, 4.69) is 126 Å². The highest BCUT2D eigenvalue weighted by Gasteiger charge is 2.51. The summed E-state index contributed by atoms with van der Waals surface area (Å²) in [4.78, 5) is 0. The van der Waals surface area contributed by atoms with Gasteiger partial charge in [-0.15, -0.1) is 0 Å². The van der Waals surface area contributed by atoms with Gasteiger partial charge in [0.25, 0.3) is 8.32 Å². The van der Waals surface area contributed by atoms with Crippen molar-refractivity contribution in [2.75, 3.05) is 13.7 Å². The Kier molecular flexibility index (Phi) is 13.9. The Hall–Kier alpha value is -1.93. The van der Waals surface area contributed by atoms with Crippen LogP contribution in [-0.4, -0.2) is 28.1 Å².